The largest absolute Gasteiger partial charge is 0.748 e. The summed E-state index contributed by atoms with van der Waals surface area (Å²) in [5.41, 5.74) is 0. The summed E-state index contributed by atoms with van der Waals surface area (Å²) in [7, 11) is 0.229. The summed E-state index contributed by atoms with van der Waals surface area (Å²) in [4.78, 5) is 11.0. The summed E-state index contributed by atoms with van der Waals surface area (Å²) in [5.74, 6) is -0.292. The highest BCUT2D eigenvalue weighted by atomic mass is 32.2. The second kappa shape index (κ2) is 20.7. The van der Waals surface area contributed by atoms with Crippen molar-refractivity contribution in [3.8, 4) is 0 Å². The first kappa shape index (κ1) is 33.3. The van der Waals surface area contributed by atoms with Gasteiger partial charge in [0.2, 0.25) is 5.91 Å². The lowest BCUT2D eigenvalue weighted by Crippen LogP contribution is -2.56. The number of unbranched alkanes of at least 4 members (excludes halogenated alkanes) is 12. The number of hydrogen-bond acceptors (Lipinski definition) is 4. The van der Waals surface area contributed by atoms with Crippen LogP contribution in [0.4, 0.5) is 0 Å². The first-order valence-corrected chi connectivity index (χ1v) is 14.3. The highest BCUT2D eigenvalue weighted by molar-refractivity contribution is 7.85. The maximum atomic E-state index is 11.0. The SMILES string of the molecule is C=CC(=O)NC(C)[N+](C)(C)CCC.CCCCCCCCCCCCCCCS(=O)(=O)[O-]. The van der Waals surface area contributed by atoms with Crippen molar-refractivity contribution in [2.75, 3.05) is 26.4 Å². The van der Waals surface area contributed by atoms with Gasteiger partial charge < -0.3 is 14.4 Å². The second-order valence-electron chi connectivity index (χ2n) is 9.40. The van der Waals surface area contributed by atoms with Crippen molar-refractivity contribution >= 4 is 16.0 Å². The second-order valence-corrected chi connectivity index (χ2v) is 10.9. The quantitative estimate of drug-likeness (QED) is 0.0846. The van der Waals surface area contributed by atoms with Gasteiger partial charge in [0, 0.05) is 12.7 Å². The molecule has 0 saturated heterocycles. The van der Waals surface area contributed by atoms with E-state index in [1.54, 1.807) is 0 Å². The number of rotatable bonds is 19. The van der Waals surface area contributed by atoms with Crippen molar-refractivity contribution in [3.63, 3.8) is 0 Å². The number of carbonyl (C=O) groups excluding carboxylic acids is 1. The number of hydrogen-bond donors (Lipinski definition) is 1. The zero-order chi connectivity index (χ0) is 24.9. The van der Waals surface area contributed by atoms with Crippen LogP contribution in [0, 0.1) is 0 Å². The van der Waals surface area contributed by atoms with Crippen LogP contribution in [0.2, 0.25) is 0 Å². The average molecular weight is 477 g/mol. The Labute approximate surface area is 199 Å². The highest BCUT2D eigenvalue weighted by Crippen LogP contribution is 2.12. The van der Waals surface area contributed by atoms with Crippen LogP contribution in [0.5, 0.6) is 0 Å². The molecular formula is C25H52N2O4S. The Bertz CT molecular complexity index is 562. The lowest BCUT2D eigenvalue weighted by molar-refractivity contribution is -0.915. The van der Waals surface area contributed by atoms with Crippen LogP contribution in [0.3, 0.4) is 0 Å². The molecule has 0 aromatic heterocycles. The van der Waals surface area contributed by atoms with Crippen LogP contribution in [0.25, 0.3) is 0 Å². The van der Waals surface area contributed by atoms with E-state index in [1.807, 2.05) is 6.92 Å². The Morgan fingerprint density at radius 3 is 1.62 bits per heavy atom. The predicted octanol–water partition coefficient (Wildman–Crippen LogP) is 5.74. The van der Waals surface area contributed by atoms with Gasteiger partial charge in [0.05, 0.1) is 30.8 Å². The molecule has 0 saturated carbocycles. The van der Waals surface area contributed by atoms with Crippen molar-refractivity contribution < 1.29 is 22.2 Å². The normalized spacial score (nSPS) is 12.6. The van der Waals surface area contributed by atoms with Gasteiger partial charge in [-0.15, -0.1) is 0 Å². The first-order chi connectivity index (χ1) is 15.0. The summed E-state index contributed by atoms with van der Waals surface area (Å²) in [6.45, 7) is 10.9. The number of carbonyl (C=O) groups is 1. The molecular weight excluding hydrogens is 424 g/mol. The summed E-state index contributed by atoms with van der Waals surface area (Å²) in [5, 5.41) is 2.87. The molecule has 0 bridgehead atoms. The van der Waals surface area contributed by atoms with Crippen molar-refractivity contribution in [1.29, 1.82) is 0 Å². The Kier molecular flexibility index (Phi) is 21.5. The molecule has 0 rings (SSSR count). The molecule has 0 aromatic carbocycles. The molecule has 0 aliphatic heterocycles. The molecule has 0 aliphatic carbocycles. The fourth-order valence-corrected chi connectivity index (χ4v) is 4.06. The molecule has 1 N–H and O–H groups in total. The third-order valence-electron chi connectivity index (χ3n) is 5.88. The molecule has 0 aromatic rings. The molecule has 1 unspecified atom stereocenters. The zero-order valence-electron chi connectivity index (χ0n) is 21.7. The Morgan fingerprint density at radius 2 is 1.28 bits per heavy atom. The molecule has 192 valence electrons. The number of amides is 1. The minimum Gasteiger partial charge on any atom is -0.748 e. The molecule has 0 spiro atoms. The molecule has 7 heteroatoms. The van der Waals surface area contributed by atoms with Crippen molar-refractivity contribution in [2.45, 2.75) is 117 Å². The van der Waals surface area contributed by atoms with Gasteiger partial charge in [-0.25, -0.2) is 8.42 Å². The summed E-state index contributed by atoms with van der Waals surface area (Å²) >= 11 is 0. The topological polar surface area (TPSA) is 86.3 Å². The van der Waals surface area contributed by atoms with Crippen LogP contribution in [0.15, 0.2) is 12.7 Å². The number of nitrogens with one attached hydrogen (secondary N) is 1. The maximum Gasteiger partial charge on any atom is 0.247 e. The van der Waals surface area contributed by atoms with Gasteiger partial charge in [-0.1, -0.05) is 97.5 Å². The Morgan fingerprint density at radius 1 is 0.875 bits per heavy atom. The van der Waals surface area contributed by atoms with Crippen LogP contribution in [-0.4, -0.2) is 55.9 Å². The fraction of sp³-hybridized carbons (Fsp3) is 0.880. The van der Waals surface area contributed by atoms with Gasteiger partial charge in [0.1, 0.15) is 0 Å². The number of quaternary nitrogens is 1. The molecule has 1 atom stereocenters. The van der Waals surface area contributed by atoms with E-state index in [2.05, 4.69) is 39.8 Å². The molecule has 0 fully saturated rings. The van der Waals surface area contributed by atoms with Gasteiger partial charge in [-0.05, 0) is 18.9 Å². The maximum absolute atomic E-state index is 11.0. The van der Waals surface area contributed by atoms with Gasteiger partial charge >= 0.3 is 0 Å². The summed E-state index contributed by atoms with van der Waals surface area (Å²) in [6.07, 6.45) is 18.3. The molecule has 0 radical (unpaired) electrons. The van der Waals surface area contributed by atoms with E-state index in [9.17, 15) is 17.8 Å². The van der Waals surface area contributed by atoms with E-state index in [1.165, 1.54) is 70.3 Å². The van der Waals surface area contributed by atoms with E-state index in [-0.39, 0.29) is 17.8 Å². The van der Waals surface area contributed by atoms with Gasteiger partial charge in [0.15, 0.2) is 6.17 Å². The lowest BCUT2D eigenvalue weighted by atomic mass is 10.1. The van der Waals surface area contributed by atoms with E-state index in [0.717, 1.165) is 30.3 Å². The van der Waals surface area contributed by atoms with Gasteiger partial charge in [0.25, 0.3) is 0 Å². The number of nitrogens with zero attached hydrogens (tertiary/aromatic N) is 1. The van der Waals surface area contributed by atoms with E-state index < -0.39 is 10.1 Å². The first-order valence-electron chi connectivity index (χ1n) is 12.7. The minimum absolute atomic E-state index is 0.102. The van der Waals surface area contributed by atoms with Gasteiger partial charge in [-0.3, -0.25) is 4.79 Å². The summed E-state index contributed by atoms with van der Waals surface area (Å²) < 4.78 is 31.9. The zero-order valence-corrected chi connectivity index (χ0v) is 22.5. The average Bonchev–Trinajstić information content (AvgIpc) is 2.71. The molecule has 6 nitrogen and oxygen atoms in total. The molecule has 1 amide bonds. The smallest absolute Gasteiger partial charge is 0.247 e. The Balaban J connectivity index is 0. The van der Waals surface area contributed by atoms with Crippen LogP contribution in [0.1, 0.15) is 111 Å². The monoisotopic (exact) mass is 476 g/mol. The summed E-state index contributed by atoms with van der Waals surface area (Å²) in [6, 6.07) is 0. The predicted molar refractivity (Wildman–Crippen MR) is 135 cm³/mol. The van der Waals surface area contributed by atoms with Crippen molar-refractivity contribution in [1.82, 2.24) is 5.32 Å². The van der Waals surface area contributed by atoms with E-state index in [0.29, 0.717) is 6.42 Å². The highest BCUT2D eigenvalue weighted by Gasteiger charge is 2.23. The minimum atomic E-state index is -3.99. The van der Waals surface area contributed by atoms with Crippen molar-refractivity contribution in [2.24, 2.45) is 0 Å². The fourth-order valence-electron chi connectivity index (χ4n) is 3.51. The molecule has 32 heavy (non-hydrogen) atoms. The van der Waals surface area contributed by atoms with Crippen molar-refractivity contribution in [3.05, 3.63) is 12.7 Å². The Hall–Kier alpha value is -0.920. The lowest BCUT2D eigenvalue weighted by Gasteiger charge is -2.35. The molecule has 0 heterocycles. The van der Waals surface area contributed by atoms with Crippen LogP contribution < -0.4 is 5.32 Å². The van der Waals surface area contributed by atoms with Crippen LogP contribution >= 0.6 is 0 Å². The third kappa shape index (κ3) is 23.7. The van der Waals surface area contributed by atoms with E-state index >= 15 is 0 Å². The third-order valence-corrected chi connectivity index (χ3v) is 6.67. The molecule has 0 aliphatic rings. The standard InChI is InChI=1S/C15H32O3S.C10H20N2O/c1-2-3-4-5-6-7-8-9-10-11-12-13-14-15-19(16,17)18;1-6-8-12(4,5)9(3)11-10(13)7-2/h2-15H2,1H3,(H,16,17,18);7,9H,2,6,8H2,1,3-5H3. The van der Waals surface area contributed by atoms with Gasteiger partial charge in [-0.2, -0.15) is 0 Å². The van der Waals surface area contributed by atoms with Crippen LogP contribution in [-0.2, 0) is 14.9 Å². The van der Waals surface area contributed by atoms with E-state index in [4.69, 9.17) is 0 Å².